The minimum atomic E-state index is -0.426. The minimum absolute atomic E-state index is 0.0516. The summed E-state index contributed by atoms with van der Waals surface area (Å²) >= 11 is 6.05. The summed E-state index contributed by atoms with van der Waals surface area (Å²) in [6.45, 7) is 4.09. The van der Waals surface area contributed by atoms with Crippen molar-refractivity contribution in [2.24, 2.45) is 0 Å². The topological polar surface area (TPSA) is 112 Å². The Morgan fingerprint density at radius 3 is 2.71 bits per heavy atom. The van der Waals surface area contributed by atoms with Crippen LogP contribution in [-0.4, -0.2) is 25.9 Å². The van der Waals surface area contributed by atoms with Gasteiger partial charge in [-0.1, -0.05) is 41.9 Å². The van der Waals surface area contributed by atoms with Crippen molar-refractivity contribution < 1.29 is 9.21 Å². The van der Waals surface area contributed by atoms with Gasteiger partial charge in [-0.3, -0.25) is 4.79 Å². The fraction of sp³-hybridized carbons (Fsp3) is 0.182. The number of nitrogen functional groups attached to an aromatic ring is 1. The molecule has 31 heavy (non-hydrogen) atoms. The average Bonchev–Trinajstić information content (AvgIpc) is 3.31. The number of carbonyl (C=O) groups is 1. The third-order valence-corrected chi connectivity index (χ3v) is 5.11. The van der Waals surface area contributed by atoms with Crippen LogP contribution in [0.2, 0.25) is 5.02 Å². The van der Waals surface area contributed by atoms with E-state index >= 15 is 0 Å². The molecule has 0 spiro atoms. The van der Waals surface area contributed by atoms with Crippen LogP contribution in [-0.2, 0) is 13.0 Å². The maximum atomic E-state index is 12.6. The van der Waals surface area contributed by atoms with Gasteiger partial charge in [0.05, 0.1) is 6.54 Å². The zero-order chi connectivity index (χ0) is 22.0. The first kappa shape index (κ1) is 20.6. The molecule has 0 aliphatic carbocycles. The smallest absolute Gasteiger partial charge is 0.280 e. The van der Waals surface area contributed by atoms with Gasteiger partial charge in [0.1, 0.15) is 11.5 Å². The molecular formula is C22H21ClN6O2. The number of aromatic nitrogens is 4. The quantitative estimate of drug-likeness (QED) is 0.465. The van der Waals surface area contributed by atoms with Gasteiger partial charge >= 0.3 is 0 Å². The van der Waals surface area contributed by atoms with E-state index in [1.807, 2.05) is 36.4 Å². The molecule has 1 amide bonds. The van der Waals surface area contributed by atoms with Crippen molar-refractivity contribution >= 4 is 29.0 Å². The van der Waals surface area contributed by atoms with Gasteiger partial charge in [0, 0.05) is 16.3 Å². The number of rotatable bonds is 6. The number of nitrogens with one attached hydrogen (secondary N) is 1. The Morgan fingerprint density at radius 2 is 2.00 bits per heavy atom. The van der Waals surface area contributed by atoms with E-state index < -0.39 is 5.91 Å². The monoisotopic (exact) mass is 436 g/mol. The van der Waals surface area contributed by atoms with Gasteiger partial charge in [0.25, 0.3) is 5.91 Å². The van der Waals surface area contributed by atoms with Crippen LogP contribution < -0.4 is 11.1 Å². The lowest BCUT2D eigenvalue weighted by molar-refractivity contribution is 0.102. The van der Waals surface area contributed by atoms with E-state index in [1.54, 1.807) is 19.1 Å². The van der Waals surface area contributed by atoms with Crippen LogP contribution in [0.4, 0.5) is 11.5 Å². The van der Waals surface area contributed by atoms with Crippen LogP contribution in [0.5, 0.6) is 0 Å². The molecule has 0 bridgehead atoms. The number of carbonyl (C=O) groups excluding carboxylic acids is 1. The van der Waals surface area contributed by atoms with Crippen LogP contribution in [0.3, 0.4) is 0 Å². The number of hydrogen-bond acceptors (Lipinski definition) is 6. The molecule has 0 fully saturated rings. The van der Waals surface area contributed by atoms with E-state index in [1.165, 1.54) is 10.2 Å². The molecule has 0 unspecified atom stereocenters. The molecule has 0 atom stereocenters. The number of anilines is 2. The van der Waals surface area contributed by atoms with E-state index in [2.05, 4.69) is 27.5 Å². The van der Waals surface area contributed by atoms with E-state index in [4.69, 9.17) is 21.8 Å². The predicted molar refractivity (Wildman–Crippen MR) is 119 cm³/mol. The number of nitrogens with zero attached hydrogens (tertiary/aromatic N) is 4. The zero-order valence-electron chi connectivity index (χ0n) is 17.1. The second-order valence-corrected chi connectivity index (χ2v) is 7.45. The molecule has 8 nitrogen and oxygen atoms in total. The molecular weight excluding hydrogens is 416 g/mol. The first-order chi connectivity index (χ1) is 14.9. The van der Waals surface area contributed by atoms with Crippen LogP contribution >= 0.6 is 11.6 Å². The Hall–Kier alpha value is -3.65. The van der Waals surface area contributed by atoms with Crippen molar-refractivity contribution in [2.45, 2.75) is 26.8 Å². The fourth-order valence-corrected chi connectivity index (χ4v) is 3.26. The molecule has 158 valence electrons. The number of benzene rings is 2. The third kappa shape index (κ3) is 4.44. The first-order valence-electron chi connectivity index (χ1n) is 9.76. The van der Waals surface area contributed by atoms with Gasteiger partial charge in [-0.25, -0.2) is 9.67 Å². The molecule has 4 rings (SSSR count). The lowest BCUT2D eigenvalue weighted by Gasteiger charge is -2.05. The molecule has 4 aromatic rings. The molecule has 2 aromatic heterocycles. The number of aryl methyl sites for hydroxylation is 2. The third-order valence-electron chi connectivity index (χ3n) is 4.87. The van der Waals surface area contributed by atoms with Gasteiger partial charge in [-0.05, 0) is 49.2 Å². The van der Waals surface area contributed by atoms with Crippen molar-refractivity contribution in [3.8, 4) is 11.5 Å². The van der Waals surface area contributed by atoms with E-state index in [0.29, 0.717) is 28.1 Å². The Bertz CT molecular complexity index is 1230. The highest BCUT2D eigenvalue weighted by Crippen LogP contribution is 2.25. The number of amides is 1. The average molecular weight is 437 g/mol. The summed E-state index contributed by atoms with van der Waals surface area (Å²) in [6, 6.07) is 14.8. The predicted octanol–water partition coefficient (Wildman–Crippen LogP) is 4.34. The highest BCUT2D eigenvalue weighted by Gasteiger charge is 2.20. The summed E-state index contributed by atoms with van der Waals surface area (Å²) in [7, 11) is 0. The molecule has 0 saturated heterocycles. The Kier molecular flexibility index (Phi) is 5.73. The van der Waals surface area contributed by atoms with Crippen molar-refractivity contribution in [1.29, 1.82) is 0 Å². The molecule has 3 N–H and O–H groups in total. The number of halogens is 1. The first-order valence-corrected chi connectivity index (χ1v) is 10.1. The zero-order valence-corrected chi connectivity index (χ0v) is 17.8. The van der Waals surface area contributed by atoms with Gasteiger partial charge in [-0.15, -0.1) is 5.10 Å². The molecule has 2 heterocycles. The molecule has 0 radical (unpaired) electrons. The highest BCUT2D eigenvalue weighted by atomic mass is 35.5. The van der Waals surface area contributed by atoms with Crippen LogP contribution in [0, 0.1) is 6.92 Å². The highest BCUT2D eigenvalue weighted by molar-refractivity contribution is 6.30. The summed E-state index contributed by atoms with van der Waals surface area (Å²) < 4.78 is 7.19. The van der Waals surface area contributed by atoms with Crippen molar-refractivity contribution in [1.82, 2.24) is 20.0 Å². The number of nitrogens with two attached hydrogens (primary N) is 1. The molecule has 0 saturated carbocycles. The second kappa shape index (κ2) is 8.61. The van der Waals surface area contributed by atoms with Gasteiger partial charge in [0.2, 0.25) is 5.89 Å². The van der Waals surface area contributed by atoms with Gasteiger partial charge in [0.15, 0.2) is 11.5 Å². The van der Waals surface area contributed by atoms with E-state index in [9.17, 15) is 4.79 Å². The molecule has 0 aliphatic rings. The van der Waals surface area contributed by atoms with E-state index in [0.717, 1.165) is 12.0 Å². The number of hydrogen-bond donors (Lipinski definition) is 2. The number of oxazole rings is 1. The lowest BCUT2D eigenvalue weighted by atomic mass is 10.1. The minimum Gasteiger partial charge on any atom is -0.441 e. The maximum Gasteiger partial charge on any atom is 0.280 e. The lowest BCUT2D eigenvalue weighted by Crippen LogP contribution is -2.15. The molecule has 9 heteroatoms. The summed E-state index contributed by atoms with van der Waals surface area (Å²) in [5.41, 5.74) is 9.44. The van der Waals surface area contributed by atoms with Crippen molar-refractivity contribution in [3.63, 3.8) is 0 Å². The van der Waals surface area contributed by atoms with E-state index in [-0.39, 0.29) is 18.1 Å². The largest absolute Gasteiger partial charge is 0.441 e. The maximum absolute atomic E-state index is 12.6. The van der Waals surface area contributed by atoms with Crippen molar-refractivity contribution in [2.75, 3.05) is 11.1 Å². The summed E-state index contributed by atoms with van der Waals surface area (Å²) in [5.74, 6) is 0.785. The summed E-state index contributed by atoms with van der Waals surface area (Å²) in [5, 5.41) is 11.3. The molecule has 0 aliphatic heterocycles. The van der Waals surface area contributed by atoms with Crippen LogP contribution in [0.25, 0.3) is 11.5 Å². The normalized spacial score (nSPS) is 10.9. The summed E-state index contributed by atoms with van der Waals surface area (Å²) in [6.07, 6.45) is 0.927. The Labute approximate surface area is 184 Å². The van der Waals surface area contributed by atoms with Gasteiger partial charge < -0.3 is 15.5 Å². The Morgan fingerprint density at radius 1 is 1.23 bits per heavy atom. The van der Waals surface area contributed by atoms with Crippen LogP contribution in [0.15, 0.2) is 52.9 Å². The standard InChI is InChI=1S/C22H21ClN6O2/c1-3-14-7-9-17(10-8-14)25-21(30)19-20(24)29(28-27-19)12-18-13(2)31-22(26-18)15-5-4-6-16(23)11-15/h4-11H,3,12,24H2,1-2H3,(H,25,30). The van der Waals surface area contributed by atoms with Crippen LogP contribution in [0.1, 0.15) is 34.4 Å². The SMILES string of the molecule is CCc1ccc(NC(=O)c2nnn(Cc3nc(-c4cccc(Cl)c4)oc3C)c2N)cc1. The Balaban J connectivity index is 1.51. The summed E-state index contributed by atoms with van der Waals surface area (Å²) in [4.78, 5) is 17.1. The fourth-order valence-electron chi connectivity index (χ4n) is 3.07. The van der Waals surface area contributed by atoms with Gasteiger partial charge in [-0.2, -0.15) is 0 Å². The van der Waals surface area contributed by atoms with Crippen molar-refractivity contribution in [3.05, 3.63) is 76.3 Å². The molecule has 2 aromatic carbocycles. The second-order valence-electron chi connectivity index (χ2n) is 7.02.